The van der Waals surface area contributed by atoms with E-state index < -0.39 is 0 Å². The Hall–Kier alpha value is -2.77. The molecule has 0 aromatic heterocycles. The molecule has 0 bridgehead atoms. The lowest BCUT2D eigenvalue weighted by Crippen LogP contribution is -2.44. The van der Waals surface area contributed by atoms with Gasteiger partial charge in [0.2, 0.25) is 0 Å². The monoisotopic (exact) mass is 455 g/mol. The van der Waals surface area contributed by atoms with Gasteiger partial charge >= 0.3 is 0 Å². The number of carbonyl (C=O) groups excluding carboxylic acids is 1. The molecule has 0 aliphatic carbocycles. The van der Waals surface area contributed by atoms with Gasteiger partial charge in [-0.2, -0.15) is 0 Å². The summed E-state index contributed by atoms with van der Waals surface area (Å²) in [7, 11) is 3.23. The zero-order valence-corrected chi connectivity index (χ0v) is 19.7. The summed E-state index contributed by atoms with van der Waals surface area (Å²) in [6.45, 7) is 5.80. The second-order valence-corrected chi connectivity index (χ2v) is 9.13. The van der Waals surface area contributed by atoms with E-state index in [1.807, 2.05) is 41.3 Å². The van der Waals surface area contributed by atoms with Crippen LogP contribution >= 0.6 is 0 Å². The van der Waals surface area contributed by atoms with Crippen LogP contribution in [-0.2, 0) is 16.0 Å². The van der Waals surface area contributed by atoms with Crippen LogP contribution in [0.2, 0.25) is 0 Å². The molecule has 2 heterocycles. The van der Waals surface area contributed by atoms with Crippen molar-refractivity contribution < 1.29 is 28.5 Å². The fraction of sp³-hybridized carbons (Fsp3) is 0.500. The van der Waals surface area contributed by atoms with Crippen molar-refractivity contribution in [2.75, 3.05) is 47.2 Å². The van der Waals surface area contributed by atoms with E-state index in [1.165, 1.54) is 0 Å². The van der Waals surface area contributed by atoms with Crippen molar-refractivity contribution >= 4 is 5.91 Å². The number of hydrogen-bond acceptors (Lipinski definition) is 6. The molecule has 4 rings (SSSR count). The van der Waals surface area contributed by atoms with E-state index in [-0.39, 0.29) is 17.4 Å². The van der Waals surface area contributed by atoms with E-state index >= 15 is 0 Å². The summed E-state index contributed by atoms with van der Waals surface area (Å²) in [5.74, 6) is 1.95. The summed E-state index contributed by atoms with van der Waals surface area (Å²) in [5, 5.41) is 0. The second kappa shape index (κ2) is 10.4. The highest BCUT2D eigenvalue weighted by molar-refractivity contribution is 5.94. The number of ether oxygens (including phenoxy) is 5. The molecule has 1 amide bonds. The van der Waals surface area contributed by atoms with Crippen molar-refractivity contribution in [3.63, 3.8) is 0 Å². The molecular formula is C26H33NO6. The van der Waals surface area contributed by atoms with Gasteiger partial charge in [-0.25, -0.2) is 0 Å². The van der Waals surface area contributed by atoms with Crippen molar-refractivity contribution in [3.8, 4) is 17.2 Å². The van der Waals surface area contributed by atoms with Gasteiger partial charge < -0.3 is 28.6 Å². The summed E-state index contributed by atoms with van der Waals surface area (Å²) in [4.78, 5) is 15.3. The largest absolute Gasteiger partial charge is 0.497 e. The van der Waals surface area contributed by atoms with Crippen LogP contribution in [0.25, 0.3) is 0 Å². The third kappa shape index (κ3) is 5.78. The predicted molar refractivity (Wildman–Crippen MR) is 124 cm³/mol. The Balaban J connectivity index is 1.54. The Morgan fingerprint density at radius 3 is 2.64 bits per heavy atom. The molecule has 33 heavy (non-hydrogen) atoms. The first kappa shape index (κ1) is 23.4. The van der Waals surface area contributed by atoms with Gasteiger partial charge in [0.05, 0.1) is 40.1 Å². The lowest BCUT2D eigenvalue weighted by atomic mass is 9.90. The van der Waals surface area contributed by atoms with E-state index in [9.17, 15) is 4.79 Å². The molecule has 2 aromatic rings. The first-order valence-corrected chi connectivity index (χ1v) is 11.4. The van der Waals surface area contributed by atoms with Crippen molar-refractivity contribution in [1.82, 2.24) is 4.90 Å². The number of hydrogen-bond donors (Lipinski definition) is 0. The summed E-state index contributed by atoms with van der Waals surface area (Å²) in [6, 6.07) is 13.1. The smallest absolute Gasteiger partial charge is 0.254 e. The molecule has 0 saturated carbocycles. The van der Waals surface area contributed by atoms with E-state index in [0.717, 1.165) is 25.0 Å². The van der Waals surface area contributed by atoms with Gasteiger partial charge in [0.1, 0.15) is 5.75 Å². The topological polar surface area (TPSA) is 66.5 Å². The number of benzene rings is 2. The number of carbonyl (C=O) groups is 1. The van der Waals surface area contributed by atoms with Crippen LogP contribution in [0.15, 0.2) is 42.5 Å². The molecule has 7 nitrogen and oxygen atoms in total. The van der Waals surface area contributed by atoms with E-state index in [4.69, 9.17) is 23.7 Å². The SMILES string of the molecule is COc1cccc(C(=O)N(Cc2ccc(OC)c(OCC3(C)COC3)c2)CC2CCCO2)c1. The zero-order valence-electron chi connectivity index (χ0n) is 19.7. The highest BCUT2D eigenvalue weighted by atomic mass is 16.5. The molecule has 0 N–H and O–H groups in total. The highest BCUT2D eigenvalue weighted by Gasteiger charge is 2.34. The minimum atomic E-state index is -0.0539. The number of methoxy groups -OCH3 is 2. The average molecular weight is 456 g/mol. The van der Waals surface area contributed by atoms with Gasteiger partial charge in [-0.3, -0.25) is 4.79 Å². The van der Waals surface area contributed by atoms with Gasteiger partial charge in [0.15, 0.2) is 11.5 Å². The number of amides is 1. The molecule has 0 radical (unpaired) electrons. The normalized spacial score (nSPS) is 18.9. The Morgan fingerprint density at radius 2 is 1.97 bits per heavy atom. The van der Waals surface area contributed by atoms with Crippen molar-refractivity contribution in [1.29, 1.82) is 0 Å². The molecule has 178 valence electrons. The minimum absolute atomic E-state index is 0.0230. The third-order valence-corrected chi connectivity index (χ3v) is 6.13. The van der Waals surface area contributed by atoms with Crippen LogP contribution < -0.4 is 14.2 Å². The van der Waals surface area contributed by atoms with Gasteiger partial charge in [-0.05, 0) is 48.7 Å². The van der Waals surface area contributed by atoms with Crippen molar-refractivity contribution in [2.45, 2.75) is 32.4 Å². The standard InChI is InChI=1S/C26H33NO6/c1-26(16-31-17-26)18-33-24-12-19(9-10-23(24)30-3)14-27(15-22-8-5-11-32-22)25(28)20-6-4-7-21(13-20)29-2/h4,6-7,9-10,12-13,22H,5,8,11,14-18H2,1-3H3. The molecule has 2 aromatic carbocycles. The second-order valence-electron chi connectivity index (χ2n) is 9.13. The fourth-order valence-electron chi connectivity index (χ4n) is 4.13. The molecule has 7 heteroatoms. The van der Waals surface area contributed by atoms with Crippen LogP contribution in [0.4, 0.5) is 0 Å². The quantitative estimate of drug-likeness (QED) is 0.541. The van der Waals surface area contributed by atoms with Crippen LogP contribution in [0.1, 0.15) is 35.7 Å². The summed E-state index contributed by atoms with van der Waals surface area (Å²) >= 11 is 0. The van der Waals surface area contributed by atoms with Crippen LogP contribution in [0.5, 0.6) is 17.2 Å². The van der Waals surface area contributed by atoms with Crippen LogP contribution in [-0.4, -0.2) is 64.1 Å². The average Bonchev–Trinajstić information content (AvgIpc) is 3.34. The molecule has 1 unspecified atom stereocenters. The van der Waals surface area contributed by atoms with E-state index in [1.54, 1.807) is 20.3 Å². The molecule has 2 aliphatic rings. The summed E-state index contributed by atoms with van der Waals surface area (Å²) in [5.41, 5.74) is 1.58. The first-order chi connectivity index (χ1) is 16.0. The van der Waals surface area contributed by atoms with Crippen molar-refractivity contribution in [3.05, 3.63) is 53.6 Å². The lowest BCUT2D eigenvalue weighted by Gasteiger charge is -2.37. The van der Waals surface area contributed by atoms with Crippen molar-refractivity contribution in [2.24, 2.45) is 5.41 Å². The number of nitrogens with zero attached hydrogens (tertiary/aromatic N) is 1. The first-order valence-electron chi connectivity index (χ1n) is 11.4. The summed E-state index contributed by atoms with van der Waals surface area (Å²) in [6.07, 6.45) is 2.03. The van der Waals surface area contributed by atoms with Gasteiger partial charge in [-0.15, -0.1) is 0 Å². The Bertz CT molecular complexity index is 952. The van der Waals surface area contributed by atoms with E-state index in [2.05, 4.69) is 6.92 Å². The predicted octanol–water partition coefficient (Wildman–Crippen LogP) is 3.94. The Kier molecular flexibility index (Phi) is 7.40. The Morgan fingerprint density at radius 1 is 1.12 bits per heavy atom. The molecule has 2 saturated heterocycles. The maximum absolute atomic E-state index is 13.5. The molecule has 2 aliphatic heterocycles. The molecule has 0 spiro atoms. The van der Waals surface area contributed by atoms with E-state index in [0.29, 0.717) is 55.7 Å². The lowest BCUT2D eigenvalue weighted by molar-refractivity contribution is -0.120. The van der Waals surface area contributed by atoms with Gasteiger partial charge in [0, 0.05) is 30.7 Å². The molecule has 2 fully saturated rings. The molecule has 1 atom stereocenters. The van der Waals surface area contributed by atoms with Crippen LogP contribution in [0.3, 0.4) is 0 Å². The van der Waals surface area contributed by atoms with Gasteiger partial charge in [-0.1, -0.05) is 19.1 Å². The van der Waals surface area contributed by atoms with Crippen LogP contribution in [0, 0.1) is 5.41 Å². The summed E-state index contributed by atoms with van der Waals surface area (Å²) < 4.78 is 28.1. The molecular weight excluding hydrogens is 422 g/mol. The third-order valence-electron chi connectivity index (χ3n) is 6.13. The zero-order chi connectivity index (χ0) is 23.3. The maximum atomic E-state index is 13.5. The fourth-order valence-corrected chi connectivity index (χ4v) is 4.13. The number of rotatable bonds is 10. The Labute approximate surface area is 195 Å². The maximum Gasteiger partial charge on any atom is 0.254 e. The minimum Gasteiger partial charge on any atom is -0.497 e. The highest BCUT2D eigenvalue weighted by Crippen LogP contribution is 2.33. The van der Waals surface area contributed by atoms with Gasteiger partial charge in [0.25, 0.3) is 5.91 Å².